The molecule has 1 amide bonds. The number of aliphatic hydroxyl groups is 1. The fourth-order valence-corrected chi connectivity index (χ4v) is 0.867. The van der Waals surface area contributed by atoms with Gasteiger partial charge < -0.3 is 5.11 Å². The van der Waals surface area contributed by atoms with Crippen molar-refractivity contribution in [2.24, 2.45) is 0 Å². The first-order valence-electron chi connectivity index (χ1n) is 2.77. The van der Waals surface area contributed by atoms with Crippen LogP contribution in [-0.4, -0.2) is 35.2 Å². The minimum Gasteiger partial charge on any atom is -0.379 e. The smallest absolute Gasteiger partial charge is 0.267 e. The highest BCUT2D eigenvalue weighted by atomic mass is 16.3. The van der Waals surface area contributed by atoms with E-state index in [2.05, 4.69) is 5.43 Å². The quantitative estimate of drug-likeness (QED) is 0.429. The summed E-state index contributed by atoms with van der Waals surface area (Å²) in [5.41, 5.74) is 1.25. The standard InChI is InChI=1S/C5H10N2O2/c1-5(9)3-7(2)6-4(5)8/h9H,3H2,1-2H3,(H,6,8). The van der Waals surface area contributed by atoms with Crippen LogP contribution in [0.15, 0.2) is 0 Å². The molecule has 4 nitrogen and oxygen atoms in total. The number of hydrazine groups is 1. The zero-order valence-corrected chi connectivity index (χ0v) is 5.51. The number of nitrogens with one attached hydrogen (secondary N) is 1. The molecule has 1 aliphatic heterocycles. The first kappa shape index (κ1) is 6.51. The molecule has 1 rings (SSSR count). The molecule has 0 spiro atoms. The molecule has 9 heavy (non-hydrogen) atoms. The van der Waals surface area contributed by atoms with Crippen LogP contribution >= 0.6 is 0 Å². The summed E-state index contributed by atoms with van der Waals surface area (Å²) in [6.45, 7) is 1.84. The Kier molecular flexibility index (Phi) is 1.22. The molecule has 52 valence electrons. The van der Waals surface area contributed by atoms with Gasteiger partial charge in [-0.15, -0.1) is 0 Å². The second-order valence-corrected chi connectivity index (χ2v) is 2.57. The first-order chi connectivity index (χ1) is 4.02. The van der Waals surface area contributed by atoms with Gasteiger partial charge in [-0.3, -0.25) is 10.2 Å². The van der Waals surface area contributed by atoms with Gasteiger partial charge in [-0.2, -0.15) is 0 Å². The average Bonchev–Trinajstić information content (AvgIpc) is 1.79. The molecule has 0 aromatic carbocycles. The minimum absolute atomic E-state index is 0.329. The molecule has 0 aromatic heterocycles. The molecule has 1 atom stereocenters. The van der Waals surface area contributed by atoms with E-state index in [4.69, 9.17) is 0 Å². The topological polar surface area (TPSA) is 52.6 Å². The van der Waals surface area contributed by atoms with E-state index in [0.717, 1.165) is 0 Å². The Morgan fingerprint density at radius 2 is 2.44 bits per heavy atom. The molecule has 1 aliphatic rings. The zero-order valence-electron chi connectivity index (χ0n) is 5.51. The molecular formula is C5H10N2O2. The van der Waals surface area contributed by atoms with Crippen LogP contribution in [0.4, 0.5) is 0 Å². The van der Waals surface area contributed by atoms with Crippen molar-refractivity contribution in [1.82, 2.24) is 10.4 Å². The van der Waals surface area contributed by atoms with Crippen molar-refractivity contribution in [2.45, 2.75) is 12.5 Å². The maximum absolute atomic E-state index is 10.7. The fourth-order valence-electron chi connectivity index (χ4n) is 0.867. The van der Waals surface area contributed by atoms with E-state index in [0.29, 0.717) is 6.54 Å². The van der Waals surface area contributed by atoms with Crippen molar-refractivity contribution in [2.75, 3.05) is 13.6 Å². The third kappa shape index (κ3) is 1.04. The normalized spacial score (nSPS) is 37.0. The molecule has 0 radical (unpaired) electrons. The number of carbonyl (C=O) groups is 1. The van der Waals surface area contributed by atoms with Crippen LogP contribution in [0.5, 0.6) is 0 Å². The molecule has 1 heterocycles. The molecule has 2 N–H and O–H groups in total. The maximum atomic E-state index is 10.7. The van der Waals surface area contributed by atoms with Crippen LogP contribution in [0, 0.1) is 0 Å². The van der Waals surface area contributed by atoms with E-state index < -0.39 is 5.60 Å². The van der Waals surface area contributed by atoms with E-state index in [1.54, 1.807) is 12.1 Å². The Morgan fingerprint density at radius 1 is 1.89 bits per heavy atom. The van der Waals surface area contributed by atoms with E-state index in [1.165, 1.54) is 6.92 Å². The molecule has 0 aliphatic carbocycles. The lowest BCUT2D eigenvalue weighted by molar-refractivity contribution is -0.133. The maximum Gasteiger partial charge on any atom is 0.267 e. The number of carbonyl (C=O) groups excluding carboxylic acids is 1. The summed E-state index contributed by atoms with van der Waals surface area (Å²) in [5.74, 6) is -0.329. The van der Waals surface area contributed by atoms with Gasteiger partial charge in [0.15, 0.2) is 5.60 Å². The van der Waals surface area contributed by atoms with Gasteiger partial charge in [-0.1, -0.05) is 0 Å². The van der Waals surface area contributed by atoms with Crippen molar-refractivity contribution in [1.29, 1.82) is 0 Å². The number of hydrogen-bond donors (Lipinski definition) is 2. The number of likely N-dealkylation sites (N-methyl/N-ethyl adjacent to an activating group) is 1. The predicted molar refractivity (Wildman–Crippen MR) is 31.4 cm³/mol. The molecule has 0 aromatic rings. The Labute approximate surface area is 53.4 Å². The van der Waals surface area contributed by atoms with Crippen molar-refractivity contribution < 1.29 is 9.90 Å². The molecule has 0 bridgehead atoms. The third-order valence-corrected chi connectivity index (χ3v) is 1.33. The van der Waals surface area contributed by atoms with Crippen molar-refractivity contribution >= 4 is 5.91 Å². The second kappa shape index (κ2) is 1.68. The van der Waals surface area contributed by atoms with Gasteiger partial charge in [0.05, 0.1) is 6.54 Å². The minimum atomic E-state index is -1.20. The third-order valence-electron chi connectivity index (χ3n) is 1.33. The summed E-state index contributed by atoms with van der Waals surface area (Å²) >= 11 is 0. The summed E-state index contributed by atoms with van der Waals surface area (Å²) < 4.78 is 0. The van der Waals surface area contributed by atoms with Gasteiger partial charge in [0.2, 0.25) is 0 Å². The van der Waals surface area contributed by atoms with Crippen LogP contribution in [0.1, 0.15) is 6.92 Å². The van der Waals surface area contributed by atoms with Crippen LogP contribution in [-0.2, 0) is 4.79 Å². The highest BCUT2D eigenvalue weighted by molar-refractivity contribution is 5.86. The van der Waals surface area contributed by atoms with E-state index in [1.807, 2.05) is 0 Å². The largest absolute Gasteiger partial charge is 0.379 e. The summed E-state index contributed by atoms with van der Waals surface area (Å²) in [4.78, 5) is 10.7. The Bertz CT molecular complexity index is 144. The zero-order chi connectivity index (χ0) is 7.07. The van der Waals surface area contributed by atoms with Gasteiger partial charge >= 0.3 is 0 Å². The van der Waals surface area contributed by atoms with Gasteiger partial charge in [0.25, 0.3) is 5.91 Å². The lowest BCUT2D eigenvalue weighted by Crippen LogP contribution is -2.36. The average molecular weight is 130 g/mol. The van der Waals surface area contributed by atoms with Gasteiger partial charge in [-0.25, -0.2) is 5.01 Å². The highest BCUT2D eigenvalue weighted by Gasteiger charge is 2.38. The molecule has 1 saturated heterocycles. The highest BCUT2D eigenvalue weighted by Crippen LogP contribution is 2.09. The summed E-state index contributed by atoms with van der Waals surface area (Å²) in [6, 6.07) is 0. The second-order valence-electron chi connectivity index (χ2n) is 2.57. The summed E-state index contributed by atoms with van der Waals surface area (Å²) in [6.07, 6.45) is 0. The lowest BCUT2D eigenvalue weighted by atomic mass is 10.1. The predicted octanol–water partition coefficient (Wildman–Crippen LogP) is -1.29. The van der Waals surface area contributed by atoms with Crippen molar-refractivity contribution in [3.05, 3.63) is 0 Å². The lowest BCUT2D eigenvalue weighted by Gasteiger charge is -2.09. The van der Waals surface area contributed by atoms with Crippen molar-refractivity contribution in [3.8, 4) is 0 Å². The van der Waals surface area contributed by atoms with E-state index in [-0.39, 0.29) is 5.91 Å². The number of amides is 1. The Hall–Kier alpha value is -0.610. The Morgan fingerprint density at radius 3 is 2.56 bits per heavy atom. The number of β-amino-alcohol motifs (C(OH)–C–C–N with tert-alkyl or cyclic N) is 1. The van der Waals surface area contributed by atoms with Crippen LogP contribution in [0.2, 0.25) is 0 Å². The van der Waals surface area contributed by atoms with E-state index in [9.17, 15) is 9.90 Å². The molecule has 0 saturated carbocycles. The summed E-state index contributed by atoms with van der Waals surface area (Å²) in [5, 5.41) is 10.7. The Balaban J connectivity index is 2.70. The van der Waals surface area contributed by atoms with Gasteiger partial charge in [0, 0.05) is 7.05 Å². The molecule has 4 heteroatoms. The van der Waals surface area contributed by atoms with Crippen LogP contribution in [0.3, 0.4) is 0 Å². The van der Waals surface area contributed by atoms with E-state index >= 15 is 0 Å². The number of nitrogens with zero attached hydrogens (tertiary/aromatic N) is 1. The summed E-state index contributed by atoms with van der Waals surface area (Å²) in [7, 11) is 1.71. The van der Waals surface area contributed by atoms with Crippen LogP contribution in [0.25, 0.3) is 0 Å². The molecule has 1 fully saturated rings. The number of rotatable bonds is 0. The first-order valence-corrected chi connectivity index (χ1v) is 2.77. The molecular weight excluding hydrogens is 120 g/mol. The van der Waals surface area contributed by atoms with Gasteiger partial charge in [-0.05, 0) is 6.92 Å². The van der Waals surface area contributed by atoms with Crippen molar-refractivity contribution in [3.63, 3.8) is 0 Å². The fraction of sp³-hybridized carbons (Fsp3) is 0.800. The molecule has 1 unspecified atom stereocenters. The SMILES string of the molecule is CN1CC(C)(O)C(=O)N1. The number of hydrogen-bond acceptors (Lipinski definition) is 3. The van der Waals surface area contributed by atoms with Crippen LogP contribution < -0.4 is 5.43 Å². The monoisotopic (exact) mass is 130 g/mol. The van der Waals surface area contributed by atoms with Gasteiger partial charge in [0.1, 0.15) is 0 Å².